The van der Waals surface area contributed by atoms with Gasteiger partial charge in [-0.25, -0.2) is 0 Å². The van der Waals surface area contributed by atoms with Crippen molar-refractivity contribution in [1.29, 1.82) is 0 Å². The maximum absolute atomic E-state index is 12.2. The molecule has 0 aromatic heterocycles. The number of alkyl halides is 3. The summed E-state index contributed by atoms with van der Waals surface area (Å²) in [5.74, 6) is 0.731. The molecule has 0 fully saturated rings. The van der Waals surface area contributed by atoms with E-state index < -0.39 is 11.2 Å². The second-order valence-corrected chi connectivity index (χ2v) is 7.35. The molecule has 0 heterocycles. The Bertz CT molecular complexity index is 689. The Balaban J connectivity index is 2.32. The molecule has 158 valence electrons. The summed E-state index contributed by atoms with van der Waals surface area (Å²) in [7, 11) is 0. The highest BCUT2D eigenvalue weighted by atomic mass is 35.5. The first-order valence-corrected chi connectivity index (χ1v) is 9.77. The van der Waals surface area contributed by atoms with Crippen LogP contribution in [0.15, 0.2) is 33.8 Å². The van der Waals surface area contributed by atoms with E-state index in [1.807, 2.05) is 0 Å². The van der Waals surface area contributed by atoms with Gasteiger partial charge in [0, 0.05) is 6.61 Å². The van der Waals surface area contributed by atoms with Crippen molar-refractivity contribution in [3.8, 4) is 11.5 Å². The molecule has 3 nitrogen and oxygen atoms in total. The van der Waals surface area contributed by atoms with Gasteiger partial charge in [-0.2, -0.15) is 13.2 Å². The van der Waals surface area contributed by atoms with Crippen LogP contribution in [0.1, 0.15) is 12.8 Å². The smallest absolute Gasteiger partial charge is 0.426 e. The number of rotatable bonds is 11. The highest BCUT2D eigenvalue weighted by Crippen LogP contribution is 2.39. The van der Waals surface area contributed by atoms with E-state index in [1.54, 1.807) is 12.1 Å². The fourth-order valence-electron chi connectivity index (χ4n) is 1.75. The Morgan fingerprint density at radius 2 is 1.43 bits per heavy atom. The van der Waals surface area contributed by atoms with Gasteiger partial charge in [0.25, 0.3) is 0 Å². The van der Waals surface area contributed by atoms with E-state index in [9.17, 15) is 13.2 Å². The predicted molar refractivity (Wildman–Crippen MR) is 107 cm³/mol. The van der Waals surface area contributed by atoms with Crippen LogP contribution in [0, 0.1) is 0 Å². The molecule has 0 bridgehead atoms. The summed E-state index contributed by atoms with van der Waals surface area (Å²) in [6.07, 6.45) is -1.14. The van der Waals surface area contributed by atoms with Gasteiger partial charge in [0.05, 0.1) is 13.2 Å². The molecule has 28 heavy (non-hydrogen) atoms. The topological polar surface area (TPSA) is 27.7 Å². The van der Waals surface area contributed by atoms with Crippen molar-refractivity contribution >= 4 is 58.0 Å². The third-order valence-corrected chi connectivity index (χ3v) is 4.60. The predicted octanol–water partition coefficient (Wildman–Crippen LogP) is 7.55. The first-order chi connectivity index (χ1) is 13.1. The minimum Gasteiger partial charge on any atom is -0.492 e. The van der Waals surface area contributed by atoms with Crippen LogP contribution in [-0.4, -0.2) is 32.6 Å². The summed E-state index contributed by atoms with van der Waals surface area (Å²) < 4.78 is 52.5. The fourth-order valence-corrected chi connectivity index (χ4v) is 2.36. The Morgan fingerprint density at radius 3 is 2.00 bits per heavy atom. The van der Waals surface area contributed by atoms with Crippen molar-refractivity contribution < 1.29 is 27.4 Å². The zero-order chi connectivity index (χ0) is 21.2. The van der Waals surface area contributed by atoms with Crippen molar-refractivity contribution in [3.05, 3.63) is 43.9 Å². The molecule has 0 amide bonds. The lowest BCUT2D eigenvalue weighted by Crippen LogP contribution is -2.08. The molecule has 0 aliphatic heterocycles. The molecule has 0 unspecified atom stereocenters. The molecule has 0 N–H and O–H groups in total. The summed E-state index contributed by atoms with van der Waals surface area (Å²) in [4.78, 5) is 0. The molecule has 1 aromatic rings. The van der Waals surface area contributed by atoms with Crippen LogP contribution in [0.4, 0.5) is 13.2 Å². The average Bonchev–Trinajstić information content (AvgIpc) is 2.61. The van der Waals surface area contributed by atoms with E-state index in [4.69, 9.17) is 72.2 Å². The van der Waals surface area contributed by atoms with Crippen LogP contribution in [0.5, 0.6) is 11.5 Å². The quantitative estimate of drug-likeness (QED) is 0.292. The number of hydrogen-bond acceptors (Lipinski definition) is 3. The van der Waals surface area contributed by atoms with Crippen molar-refractivity contribution in [2.75, 3.05) is 26.4 Å². The molecule has 11 heteroatoms. The molecule has 0 radical (unpaired) electrons. The molecule has 0 aliphatic rings. The number of halogens is 8. The molecule has 0 saturated heterocycles. The van der Waals surface area contributed by atoms with E-state index >= 15 is 0 Å². The number of ether oxygens (including phenoxy) is 3. The van der Waals surface area contributed by atoms with Gasteiger partial charge in [-0.15, -0.1) is 0 Å². The minimum atomic E-state index is -4.55. The number of benzene rings is 1. The highest BCUT2D eigenvalue weighted by molar-refractivity contribution is 6.55. The third kappa shape index (κ3) is 9.81. The Hall–Kier alpha value is -0.500. The lowest BCUT2D eigenvalue weighted by atomic mass is 10.3. The lowest BCUT2D eigenvalue weighted by molar-refractivity contribution is -0.0850. The maximum atomic E-state index is 12.2. The van der Waals surface area contributed by atoms with Crippen molar-refractivity contribution in [2.45, 2.75) is 19.0 Å². The van der Waals surface area contributed by atoms with Crippen LogP contribution in [-0.2, 0) is 4.74 Å². The van der Waals surface area contributed by atoms with Gasteiger partial charge in [0.2, 0.25) is 0 Å². The Kier molecular flexibility index (Phi) is 11.8. The first-order valence-electron chi connectivity index (χ1n) is 7.88. The van der Waals surface area contributed by atoms with E-state index in [2.05, 4.69) is 0 Å². The summed E-state index contributed by atoms with van der Waals surface area (Å²) in [5.41, 5.74) is 0. The van der Waals surface area contributed by atoms with Crippen LogP contribution in [0.2, 0.25) is 10.0 Å². The summed E-state index contributed by atoms with van der Waals surface area (Å²) in [6.45, 7) is 0.497. The number of hydrogen-bond donors (Lipinski definition) is 0. The third-order valence-electron chi connectivity index (χ3n) is 3.08. The van der Waals surface area contributed by atoms with Crippen LogP contribution < -0.4 is 9.47 Å². The van der Waals surface area contributed by atoms with Crippen LogP contribution >= 0.6 is 58.0 Å². The average molecular weight is 503 g/mol. The normalized spacial score (nSPS) is 12.1. The minimum absolute atomic E-state index is 0.0747. The second kappa shape index (κ2) is 12.9. The van der Waals surface area contributed by atoms with Crippen LogP contribution in [0.3, 0.4) is 0 Å². The van der Waals surface area contributed by atoms with Gasteiger partial charge in [-0.1, -0.05) is 58.0 Å². The van der Waals surface area contributed by atoms with Crippen molar-refractivity contribution in [1.82, 2.24) is 0 Å². The zero-order valence-corrected chi connectivity index (χ0v) is 18.1. The molecule has 0 spiro atoms. The molecule has 1 rings (SSSR count). The van der Waals surface area contributed by atoms with Crippen molar-refractivity contribution in [3.63, 3.8) is 0 Å². The number of allylic oxidation sites excluding steroid dienone is 1. The van der Waals surface area contributed by atoms with Gasteiger partial charge < -0.3 is 14.2 Å². The summed E-state index contributed by atoms with van der Waals surface area (Å²) in [6, 6.07) is 3.20. The van der Waals surface area contributed by atoms with Gasteiger partial charge in [-0.3, -0.25) is 0 Å². The van der Waals surface area contributed by atoms with Crippen molar-refractivity contribution in [2.24, 2.45) is 0 Å². The maximum Gasteiger partial charge on any atom is 0.426 e. The fraction of sp³-hybridized carbons (Fsp3) is 0.412. The van der Waals surface area contributed by atoms with Gasteiger partial charge >= 0.3 is 6.18 Å². The lowest BCUT2D eigenvalue weighted by Gasteiger charge is -2.12. The standard InChI is InChI=1S/C17H16Cl5F3O3/c18-13(17(23,24)25)5-9-26-7-1-2-8-27-11-3-4-12(16(22)15(11)21)28-10-6-14(19)20/h3-6H,1-2,7-10H2/b13-5-. The number of unbranched alkanes of at least 4 members (excludes halogenated alkanes) is 1. The first kappa shape index (κ1) is 25.5. The largest absolute Gasteiger partial charge is 0.492 e. The summed E-state index contributed by atoms with van der Waals surface area (Å²) in [5, 5.41) is -0.810. The molecule has 0 aliphatic carbocycles. The SMILES string of the molecule is FC(F)(F)/C(Cl)=C/COCCCCOc1ccc(OCC=C(Cl)Cl)c(Cl)c1Cl. The highest BCUT2D eigenvalue weighted by Gasteiger charge is 2.31. The van der Waals surface area contributed by atoms with Gasteiger partial charge in [-0.05, 0) is 37.1 Å². The molecular formula is C17H16Cl5F3O3. The molecule has 0 atom stereocenters. The Morgan fingerprint density at radius 1 is 0.857 bits per heavy atom. The zero-order valence-electron chi connectivity index (χ0n) is 14.3. The van der Waals surface area contributed by atoms with Crippen LogP contribution in [0.25, 0.3) is 0 Å². The van der Waals surface area contributed by atoms with E-state index in [0.29, 0.717) is 30.9 Å². The van der Waals surface area contributed by atoms with Gasteiger partial charge in [0.1, 0.15) is 37.7 Å². The summed E-state index contributed by atoms with van der Waals surface area (Å²) >= 11 is 28.3. The van der Waals surface area contributed by atoms with E-state index in [-0.39, 0.29) is 34.4 Å². The molecule has 1 aromatic carbocycles. The Labute approximate surface area is 185 Å². The molecular weight excluding hydrogens is 486 g/mol. The van der Waals surface area contributed by atoms with Gasteiger partial charge in [0.15, 0.2) is 0 Å². The molecule has 0 saturated carbocycles. The van der Waals surface area contributed by atoms with E-state index in [0.717, 1.165) is 6.08 Å². The van der Waals surface area contributed by atoms with E-state index in [1.165, 1.54) is 6.08 Å². The second-order valence-electron chi connectivity index (χ2n) is 5.17. The monoisotopic (exact) mass is 500 g/mol.